The van der Waals surface area contributed by atoms with E-state index >= 15 is 0 Å². The van der Waals surface area contributed by atoms with E-state index in [1.165, 1.54) is 0 Å². The van der Waals surface area contributed by atoms with E-state index in [2.05, 4.69) is 5.32 Å². The molecule has 1 saturated heterocycles. The van der Waals surface area contributed by atoms with Crippen LogP contribution >= 0.6 is 0 Å². The zero-order valence-electron chi connectivity index (χ0n) is 7.90. The highest BCUT2D eigenvalue weighted by Crippen LogP contribution is 2.29. The maximum Gasteiger partial charge on any atom is 0.222 e. The summed E-state index contributed by atoms with van der Waals surface area (Å²) in [5, 5.41) is 3.26. The van der Waals surface area contributed by atoms with Gasteiger partial charge in [0, 0.05) is 0 Å². The monoisotopic (exact) mass is 194 g/mol. The average Bonchev–Trinajstić information content (AvgIpc) is 2.70. The second kappa shape index (κ2) is 3.84. The maximum atomic E-state index is 11.2. The molecule has 0 bridgehead atoms. The number of hydrogen-bond acceptors (Lipinski definition) is 3. The Morgan fingerprint density at radius 1 is 1.64 bits per heavy atom. The van der Waals surface area contributed by atoms with Crippen molar-refractivity contribution in [3.05, 3.63) is 24.2 Å². The molecule has 14 heavy (non-hydrogen) atoms. The van der Waals surface area contributed by atoms with Crippen LogP contribution in [-0.4, -0.2) is 12.5 Å². The van der Waals surface area contributed by atoms with Crippen LogP contribution in [0.5, 0.6) is 0 Å². The van der Waals surface area contributed by atoms with Crippen molar-refractivity contribution in [1.29, 1.82) is 0 Å². The third-order valence-electron chi connectivity index (χ3n) is 2.67. The molecule has 1 aliphatic rings. The van der Waals surface area contributed by atoms with Crippen LogP contribution in [0, 0.1) is 5.92 Å². The molecule has 4 nitrogen and oxygen atoms in total. The summed E-state index contributed by atoms with van der Waals surface area (Å²) in [6.07, 6.45) is 3.45. The fraction of sp³-hybridized carbons (Fsp3) is 0.500. The second-order valence-electron chi connectivity index (χ2n) is 3.60. The molecule has 1 aliphatic heterocycles. The molecule has 1 fully saturated rings. The summed E-state index contributed by atoms with van der Waals surface area (Å²) in [4.78, 5) is 11.2. The van der Waals surface area contributed by atoms with Gasteiger partial charge in [-0.1, -0.05) is 0 Å². The Morgan fingerprint density at radius 3 is 3.14 bits per heavy atom. The Kier molecular flexibility index (Phi) is 2.54. The first-order valence-corrected chi connectivity index (χ1v) is 4.85. The number of hydrogen-bond donors (Lipinski definition) is 2. The minimum atomic E-state index is -0.251. The lowest BCUT2D eigenvalue weighted by Crippen LogP contribution is -2.40. The van der Waals surface area contributed by atoms with Crippen LogP contribution in [0.1, 0.15) is 24.6 Å². The number of furan rings is 1. The number of rotatable bonds is 2. The Hall–Kier alpha value is -1.29. The summed E-state index contributed by atoms with van der Waals surface area (Å²) in [6.45, 7) is 0.912. The van der Waals surface area contributed by atoms with E-state index in [9.17, 15) is 4.79 Å². The van der Waals surface area contributed by atoms with E-state index in [1.807, 2.05) is 12.1 Å². The minimum absolute atomic E-state index is 0.0451. The Balaban J connectivity index is 2.18. The van der Waals surface area contributed by atoms with Gasteiger partial charge >= 0.3 is 0 Å². The largest absolute Gasteiger partial charge is 0.468 e. The number of primary amides is 1. The molecule has 1 amide bonds. The quantitative estimate of drug-likeness (QED) is 0.731. The molecule has 1 aromatic rings. The summed E-state index contributed by atoms with van der Waals surface area (Å²) >= 11 is 0. The van der Waals surface area contributed by atoms with Gasteiger partial charge in [0.1, 0.15) is 5.76 Å². The zero-order chi connectivity index (χ0) is 9.97. The summed E-state index contributed by atoms with van der Waals surface area (Å²) in [7, 11) is 0. The molecule has 0 saturated carbocycles. The van der Waals surface area contributed by atoms with Crippen LogP contribution in [-0.2, 0) is 4.79 Å². The molecule has 2 unspecified atom stereocenters. The summed E-state index contributed by atoms with van der Waals surface area (Å²) in [5.74, 6) is 0.405. The van der Waals surface area contributed by atoms with E-state index in [0.29, 0.717) is 0 Å². The van der Waals surface area contributed by atoms with Crippen molar-refractivity contribution in [2.24, 2.45) is 11.7 Å². The first-order chi connectivity index (χ1) is 6.79. The van der Waals surface area contributed by atoms with Gasteiger partial charge in [0.2, 0.25) is 5.91 Å². The van der Waals surface area contributed by atoms with Crippen molar-refractivity contribution < 1.29 is 9.21 Å². The molecule has 0 spiro atoms. The molecule has 0 radical (unpaired) electrons. The highest BCUT2D eigenvalue weighted by atomic mass is 16.3. The fourth-order valence-corrected chi connectivity index (χ4v) is 1.96. The second-order valence-corrected chi connectivity index (χ2v) is 3.60. The van der Waals surface area contributed by atoms with Gasteiger partial charge in [0.05, 0.1) is 18.2 Å². The predicted molar refractivity (Wildman–Crippen MR) is 51.4 cm³/mol. The molecule has 76 valence electrons. The number of piperidine rings is 1. The number of carbonyl (C=O) groups excluding carboxylic acids is 1. The molecule has 1 aromatic heterocycles. The minimum Gasteiger partial charge on any atom is -0.468 e. The molecule has 2 rings (SSSR count). The first kappa shape index (κ1) is 9.27. The van der Waals surface area contributed by atoms with Gasteiger partial charge in [-0.3, -0.25) is 4.79 Å². The summed E-state index contributed by atoms with van der Waals surface area (Å²) in [5.41, 5.74) is 5.34. The van der Waals surface area contributed by atoms with Crippen molar-refractivity contribution in [1.82, 2.24) is 5.32 Å². The van der Waals surface area contributed by atoms with E-state index in [0.717, 1.165) is 25.1 Å². The zero-order valence-corrected chi connectivity index (χ0v) is 7.90. The highest BCUT2D eigenvalue weighted by Gasteiger charge is 2.31. The van der Waals surface area contributed by atoms with Gasteiger partial charge in [-0.2, -0.15) is 0 Å². The molecule has 4 heteroatoms. The molecule has 3 N–H and O–H groups in total. The van der Waals surface area contributed by atoms with E-state index in [-0.39, 0.29) is 17.9 Å². The van der Waals surface area contributed by atoms with E-state index < -0.39 is 0 Å². The summed E-state index contributed by atoms with van der Waals surface area (Å²) in [6, 6.07) is 3.65. The van der Waals surface area contributed by atoms with Crippen LogP contribution < -0.4 is 11.1 Å². The van der Waals surface area contributed by atoms with Crippen molar-refractivity contribution >= 4 is 5.91 Å². The van der Waals surface area contributed by atoms with Crippen molar-refractivity contribution in [3.63, 3.8) is 0 Å². The smallest absolute Gasteiger partial charge is 0.222 e. The lowest BCUT2D eigenvalue weighted by atomic mass is 9.89. The molecular weight excluding hydrogens is 180 g/mol. The van der Waals surface area contributed by atoms with E-state index in [4.69, 9.17) is 10.2 Å². The SMILES string of the molecule is NC(=O)C1CCCNC1c1ccco1. The Morgan fingerprint density at radius 2 is 2.50 bits per heavy atom. The highest BCUT2D eigenvalue weighted by molar-refractivity contribution is 5.77. The van der Waals surface area contributed by atoms with Gasteiger partial charge in [-0.15, -0.1) is 0 Å². The Labute approximate surface area is 82.5 Å². The molecule has 2 atom stereocenters. The van der Waals surface area contributed by atoms with Crippen LogP contribution in [0.4, 0.5) is 0 Å². The Bertz CT molecular complexity index is 308. The molecule has 0 aromatic carbocycles. The van der Waals surface area contributed by atoms with Crippen molar-refractivity contribution in [3.8, 4) is 0 Å². The first-order valence-electron chi connectivity index (χ1n) is 4.85. The fourth-order valence-electron chi connectivity index (χ4n) is 1.96. The van der Waals surface area contributed by atoms with Crippen molar-refractivity contribution in [2.75, 3.05) is 6.54 Å². The topological polar surface area (TPSA) is 68.3 Å². The predicted octanol–water partition coefficient (Wildman–Crippen LogP) is 0.806. The van der Waals surface area contributed by atoms with Crippen LogP contribution in [0.15, 0.2) is 22.8 Å². The van der Waals surface area contributed by atoms with Crippen LogP contribution in [0.3, 0.4) is 0 Å². The number of amides is 1. The number of nitrogens with two attached hydrogens (primary N) is 1. The van der Waals surface area contributed by atoms with Crippen molar-refractivity contribution in [2.45, 2.75) is 18.9 Å². The molecular formula is C10H14N2O2. The summed E-state index contributed by atoms with van der Waals surface area (Å²) < 4.78 is 5.28. The maximum absolute atomic E-state index is 11.2. The van der Waals surface area contributed by atoms with E-state index in [1.54, 1.807) is 6.26 Å². The number of nitrogens with one attached hydrogen (secondary N) is 1. The van der Waals surface area contributed by atoms with Crippen LogP contribution in [0.25, 0.3) is 0 Å². The standard InChI is InChI=1S/C10H14N2O2/c11-10(13)7-3-1-5-12-9(7)8-4-2-6-14-8/h2,4,6-7,9,12H,1,3,5H2,(H2,11,13). The van der Waals surface area contributed by atoms with Gasteiger partial charge in [0.25, 0.3) is 0 Å². The van der Waals surface area contributed by atoms with Crippen LogP contribution in [0.2, 0.25) is 0 Å². The average molecular weight is 194 g/mol. The van der Waals surface area contributed by atoms with Gasteiger partial charge in [0.15, 0.2) is 0 Å². The van der Waals surface area contributed by atoms with Gasteiger partial charge in [-0.25, -0.2) is 0 Å². The normalized spacial score (nSPS) is 27.4. The molecule has 2 heterocycles. The lowest BCUT2D eigenvalue weighted by molar-refractivity contribution is -0.123. The molecule has 0 aliphatic carbocycles. The lowest BCUT2D eigenvalue weighted by Gasteiger charge is -2.28. The number of carbonyl (C=O) groups is 1. The third kappa shape index (κ3) is 1.65. The third-order valence-corrected chi connectivity index (χ3v) is 2.67. The van der Waals surface area contributed by atoms with Gasteiger partial charge < -0.3 is 15.5 Å². The van der Waals surface area contributed by atoms with Gasteiger partial charge in [-0.05, 0) is 31.5 Å².